The van der Waals surface area contributed by atoms with Gasteiger partial charge in [0.2, 0.25) is 0 Å². The maximum Gasteiger partial charge on any atom is 0.332 e. The molecule has 0 aliphatic rings. The van der Waals surface area contributed by atoms with Gasteiger partial charge in [-0.1, -0.05) is 6.92 Å². The zero-order valence-corrected chi connectivity index (χ0v) is 10.3. The first-order valence-electron chi connectivity index (χ1n) is 5.00. The molecule has 0 aromatic carbocycles. The third kappa shape index (κ3) is 8.10. The summed E-state index contributed by atoms with van der Waals surface area (Å²) in [5, 5.41) is 4.51. The number of carbonyl (C=O) groups is 2. The highest BCUT2D eigenvalue weighted by molar-refractivity contribution is 8.13. The van der Waals surface area contributed by atoms with Gasteiger partial charge in [0.25, 0.3) is 0 Å². The Morgan fingerprint density at radius 3 is 2.62 bits per heavy atom. The lowest BCUT2D eigenvalue weighted by Crippen LogP contribution is -2.25. The third-order valence-electron chi connectivity index (χ3n) is 1.47. The average molecular weight is 247 g/mol. The maximum atomic E-state index is 11.0. The summed E-state index contributed by atoms with van der Waals surface area (Å²) in [4.78, 5) is 21.4. The van der Waals surface area contributed by atoms with Crippen LogP contribution in [-0.2, 0) is 9.53 Å². The summed E-state index contributed by atoms with van der Waals surface area (Å²) in [6.07, 6.45) is 1.00. The van der Waals surface area contributed by atoms with Crippen LogP contribution in [0.1, 0.15) is 26.7 Å². The number of ether oxygens (including phenoxy) is 1. The highest BCUT2D eigenvalue weighted by atomic mass is 32.2. The monoisotopic (exact) mass is 247 g/mol. The number of nitrogens with two attached hydrogens (primary N) is 1. The molecule has 0 aliphatic carbocycles. The quantitative estimate of drug-likeness (QED) is 0.317. The number of primary amides is 1. The first-order chi connectivity index (χ1) is 7.60. The molecule has 6 nitrogen and oxygen atoms in total. The fourth-order valence-corrected chi connectivity index (χ4v) is 1.63. The molecule has 0 heterocycles. The summed E-state index contributed by atoms with van der Waals surface area (Å²) in [5.74, 6) is 0.347. The van der Waals surface area contributed by atoms with Gasteiger partial charge in [-0.05, 0) is 13.3 Å². The van der Waals surface area contributed by atoms with E-state index in [2.05, 4.69) is 10.5 Å². The zero-order chi connectivity index (χ0) is 12.4. The number of nitrogens with one attached hydrogen (secondary N) is 1. The van der Waals surface area contributed by atoms with Gasteiger partial charge in [-0.3, -0.25) is 4.79 Å². The number of nitrogens with zero attached hydrogens (tertiary/aromatic N) is 1. The van der Waals surface area contributed by atoms with Crippen molar-refractivity contribution >= 4 is 28.8 Å². The van der Waals surface area contributed by atoms with Crippen LogP contribution in [0.3, 0.4) is 0 Å². The van der Waals surface area contributed by atoms with E-state index in [1.165, 1.54) is 11.8 Å². The average Bonchev–Trinajstić information content (AvgIpc) is 2.23. The Balaban J connectivity index is 3.83. The molecule has 0 saturated carbocycles. The topological polar surface area (TPSA) is 93.8 Å². The Bertz CT molecular complexity index is 269. The minimum atomic E-state index is -0.697. The van der Waals surface area contributed by atoms with Crippen molar-refractivity contribution in [1.29, 1.82) is 0 Å². The Morgan fingerprint density at radius 1 is 1.44 bits per heavy atom. The fourth-order valence-electron chi connectivity index (χ4n) is 0.816. The predicted octanol–water partition coefficient (Wildman–Crippen LogP) is 1.06. The largest absolute Gasteiger partial charge is 0.466 e. The lowest BCUT2D eigenvalue weighted by Gasteiger charge is -2.03. The first-order valence-corrected chi connectivity index (χ1v) is 5.99. The van der Waals surface area contributed by atoms with E-state index in [1.807, 2.05) is 6.92 Å². The van der Waals surface area contributed by atoms with Crippen molar-refractivity contribution in [2.24, 2.45) is 10.8 Å². The second-order valence-corrected chi connectivity index (χ2v) is 3.91. The summed E-state index contributed by atoms with van der Waals surface area (Å²) in [6.45, 7) is 4.06. The van der Waals surface area contributed by atoms with Gasteiger partial charge in [0, 0.05) is 5.75 Å². The molecule has 0 fully saturated rings. The number of thioether (sulfide) groups is 1. The molecule has 16 heavy (non-hydrogen) atoms. The van der Waals surface area contributed by atoms with Crippen molar-refractivity contribution in [3.05, 3.63) is 0 Å². The second-order valence-electron chi connectivity index (χ2n) is 2.74. The Morgan fingerprint density at radius 2 is 2.12 bits per heavy atom. The molecular weight excluding hydrogens is 230 g/mol. The van der Waals surface area contributed by atoms with E-state index in [9.17, 15) is 9.59 Å². The van der Waals surface area contributed by atoms with Gasteiger partial charge in [0.1, 0.15) is 0 Å². The van der Waals surface area contributed by atoms with Crippen molar-refractivity contribution in [2.45, 2.75) is 26.7 Å². The van der Waals surface area contributed by atoms with Gasteiger partial charge < -0.3 is 10.5 Å². The summed E-state index contributed by atoms with van der Waals surface area (Å²) >= 11 is 1.40. The molecule has 92 valence electrons. The van der Waals surface area contributed by atoms with Crippen LogP contribution in [0, 0.1) is 0 Å². The van der Waals surface area contributed by atoms with Crippen molar-refractivity contribution in [1.82, 2.24) is 5.43 Å². The molecule has 0 aliphatic heterocycles. The summed E-state index contributed by atoms with van der Waals surface area (Å²) in [6, 6.07) is -0.697. The van der Waals surface area contributed by atoms with Crippen LogP contribution in [0.25, 0.3) is 0 Å². The molecule has 3 N–H and O–H groups in total. The van der Waals surface area contributed by atoms with E-state index in [-0.39, 0.29) is 5.97 Å². The number of hydrogen-bond acceptors (Lipinski definition) is 5. The maximum absolute atomic E-state index is 11.0. The van der Waals surface area contributed by atoms with Gasteiger partial charge in [-0.15, -0.1) is 11.8 Å². The van der Waals surface area contributed by atoms with E-state index < -0.39 is 6.03 Å². The van der Waals surface area contributed by atoms with Gasteiger partial charge >= 0.3 is 12.0 Å². The van der Waals surface area contributed by atoms with E-state index >= 15 is 0 Å². The van der Waals surface area contributed by atoms with Crippen molar-refractivity contribution in [3.63, 3.8) is 0 Å². The van der Waals surface area contributed by atoms with Crippen LogP contribution in [0.15, 0.2) is 5.10 Å². The van der Waals surface area contributed by atoms with Crippen LogP contribution >= 0.6 is 11.8 Å². The normalized spacial score (nSPS) is 11.0. The van der Waals surface area contributed by atoms with Gasteiger partial charge in [-0.2, -0.15) is 5.10 Å². The number of esters is 1. The molecule has 0 spiro atoms. The van der Waals surface area contributed by atoms with E-state index in [1.54, 1.807) is 6.92 Å². The van der Waals surface area contributed by atoms with E-state index in [0.717, 1.165) is 5.04 Å². The standard InChI is InChI=1S/C9H17N3O3S/c1-3-7(11-12-9(10)14)16-6-5-8(13)15-4-2/h3-6H2,1-2H3,(H3,10,12,14)/b11-7-. The van der Waals surface area contributed by atoms with Crippen molar-refractivity contribution < 1.29 is 14.3 Å². The molecule has 0 radical (unpaired) electrons. The van der Waals surface area contributed by atoms with Crippen LogP contribution in [0.2, 0.25) is 0 Å². The summed E-state index contributed by atoms with van der Waals surface area (Å²) < 4.78 is 4.77. The van der Waals surface area contributed by atoms with Gasteiger partial charge in [0.05, 0.1) is 18.1 Å². The number of urea groups is 1. The van der Waals surface area contributed by atoms with Gasteiger partial charge in [0.15, 0.2) is 0 Å². The molecule has 0 saturated heterocycles. The Kier molecular flexibility index (Phi) is 8.32. The second kappa shape index (κ2) is 9.02. The minimum Gasteiger partial charge on any atom is -0.466 e. The van der Waals surface area contributed by atoms with Crippen molar-refractivity contribution in [2.75, 3.05) is 12.4 Å². The van der Waals surface area contributed by atoms with E-state index in [4.69, 9.17) is 10.5 Å². The molecule has 0 atom stereocenters. The number of hydrazone groups is 1. The predicted molar refractivity (Wildman–Crippen MR) is 64.2 cm³/mol. The fraction of sp³-hybridized carbons (Fsp3) is 0.667. The number of rotatable bonds is 6. The van der Waals surface area contributed by atoms with Crippen molar-refractivity contribution in [3.8, 4) is 0 Å². The number of carbonyl (C=O) groups excluding carboxylic acids is 2. The zero-order valence-electron chi connectivity index (χ0n) is 9.49. The number of hydrogen-bond donors (Lipinski definition) is 2. The summed E-state index contributed by atoms with van der Waals surface area (Å²) in [7, 11) is 0. The van der Waals surface area contributed by atoms with E-state index in [0.29, 0.717) is 25.2 Å². The molecule has 0 unspecified atom stereocenters. The number of amides is 2. The lowest BCUT2D eigenvalue weighted by molar-refractivity contribution is -0.142. The third-order valence-corrected chi connectivity index (χ3v) is 2.59. The van der Waals surface area contributed by atoms with Crippen LogP contribution in [-0.4, -0.2) is 29.4 Å². The highest BCUT2D eigenvalue weighted by Gasteiger charge is 2.04. The summed E-state index contributed by atoms with van der Waals surface area (Å²) in [5.41, 5.74) is 7.02. The lowest BCUT2D eigenvalue weighted by atomic mass is 10.5. The molecule has 0 aromatic heterocycles. The smallest absolute Gasteiger partial charge is 0.332 e. The molecule has 2 amide bonds. The Labute approximate surface area is 99.0 Å². The van der Waals surface area contributed by atoms with Crippen LogP contribution in [0.5, 0.6) is 0 Å². The molecular formula is C9H17N3O3S. The SMILES string of the molecule is CCOC(=O)CCS/C(CC)=N\NC(N)=O. The van der Waals surface area contributed by atoms with Crippen LogP contribution in [0.4, 0.5) is 4.79 Å². The van der Waals surface area contributed by atoms with Crippen LogP contribution < -0.4 is 11.2 Å². The first kappa shape index (κ1) is 14.8. The molecule has 0 bridgehead atoms. The van der Waals surface area contributed by atoms with Gasteiger partial charge in [-0.25, -0.2) is 10.2 Å². The Hall–Kier alpha value is -1.24. The molecule has 0 aromatic rings. The highest BCUT2D eigenvalue weighted by Crippen LogP contribution is 2.09. The molecule has 7 heteroatoms. The minimum absolute atomic E-state index is 0.228. The molecule has 0 rings (SSSR count).